The van der Waals surface area contributed by atoms with Crippen LogP contribution in [0.2, 0.25) is 0 Å². The van der Waals surface area contributed by atoms with Crippen LogP contribution in [-0.4, -0.2) is 29.9 Å². The Labute approximate surface area is 112 Å². The molecular weight excluding hydrogens is 248 g/mol. The summed E-state index contributed by atoms with van der Waals surface area (Å²) in [5.74, 6) is 0.807. The third-order valence-electron chi connectivity index (χ3n) is 3.79. The molecule has 0 saturated carbocycles. The van der Waals surface area contributed by atoms with Crippen molar-refractivity contribution < 1.29 is 4.79 Å². The molecule has 0 aromatic carbocycles. The van der Waals surface area contributed by atoms with E-state index in [2.05, 4.69) is 28.4 Å². The Morgan fingerprint density at radius 2 is 2.28 bits per heavy atom. The predicted molar refractivity (Wildman–Crippen MR) is 75.1 cm³/mol. The number of piperidine rings is 1. The van der Waals surface area contributed by atoms with Crippen molar-refractivity contribution in [3.8, 4) is 0 Å². The molecule has 0 bridgehead atoms. The van der Waals surface area contributed by atoms with Gasteiger partial charge in [0, 0.05) is 19.6 Å². The number of hydrogen-bond acceptors (Lipinski definition) is 5. The number of carbonyl (C=O) groups is 1. The summed E-state index contributed by atoms with van der Waals surface area (Å²) in [6.45, 7) is 5.42. The molecule has 1 aromatic rings. The number of aromatic nitrogens is 1. The van der Waals surface area contributed by atoms with Gasteiger partial charge in [0.05, 0.1) is 0 Å². The van der Waals surface area contributed by atoms with E-state index < -0.39 is 0 Å². The number of nitrogen functional groups attached to an aromatic ring is 1. The molecule has 0 radical (unpaired) electrons. The molecule has 1 aromatic heterocycles. The smallest absolute Gasteiger partial charge is 0.257 e. The first-order valence-electron chi connectivity index (χ1n) is 6.30. The molecule has 3 N–H and O–H groups in total. The molecule has 1 saturated heterocycles. The lowest BCUT2D eigenvalue weighted by molar-refractivity contribution is 0.0964. The highest BCUT2D eigenvalue weighted by atomic mass is 32.1. The van der Waals surface area contributed by atoms with Crippen LogP contribution in [0, 0.1) is 5.92 Å². The standard InChI is InChI=1S/C12H20N4OS/c1-7-5-4-6-16(8(7)2)12-9(11(17)14-3)10(13)15-18-12/h7-8H,4-6H2,1-3H3,(H2,13,15)(H,14,17). The Morgan fingerprint density at radius 3 is 2.94 bits per heavy atom. The maximum atomic E-state index is 11.9. The van der Waals surface area contributed by atoms with Crippen LogP contribution in [0.15, 0.2) is 0 Å². The van der Waals surface area contributed by atoms with Crippen LogP contribution in [0.1, 0.15) is 37.0 Å². The molecule has 2 heterocycles. The van der Waals surface area contributed by atoms with Crippen LogP contribution in [-0.2, 0) is 0 Å². The SMILES string of the molecule is CNC(=O)c1c(N)nsc1N1CCCC(C)C1C. The van der Waals surface area contributed by atoms with E-state index in [1.807, 2.05) is 0 Å². The largest absolute Gasteiger partial charge is 0.382 e. The normalized spacial score (nSPS) is 24.1. The number of carbonyl (C=O) groups excluding carboxylic acids is 1. The van der Waals surface area contributed by atoms with Crippen molar-refractivity contribution in [3.63, 3.8) is 0 Å². The fourth-order valence-electron chi connectivity index (χ4n) is 2.45. The number of rotatable bonds is 2. The Kier molecular flexibility index (Phi) is 3.75. The minimum Gasteiger partial charge on any atom is -0.382 e. The fourth-order valence-corrected chi connectivity index (χ4v) is 3.38. The topological polar surface area (TPSA) is 71.2 Å². The van der Waals surface area contributed by atoms with Gasteiger partial charge < -0.3 is 16.0 Å². The van der Waals surface area contributed by atoms with Gasteiger partial charge >= 0.3 is 0 Å². The van der Waals surface area contributed by atoms with Crippen molar-refractivity contribution in [2.45, 2.75) is 32.7 Å². The van der Waals surface area contributed by atoms with Gasteiger partial charge in [-0.05, 0) is 37.2 Å². The Hall–Kier alpha value is -1.30. The molecule has 18 heavy (non-hydrogen) atoms. The molecule has 2 unspecified atom stereocenters. The van der Waals surface area contributed by atoms with Gasteiger partial charge in [-0.15, -0.1) is 0 Å². The number of amides is 1. The first-order valence-corrected chi connectivity index (χ1v) is 7.07. The van der Waals surface area contributed by atoms with Gasteiger partial charge in [-0.25, -0.2) is 0 Å². The lowest BCUT2D eigenvalue weighted by atomic mass is 9.92. The highest BCUT2D eigenvalue weighted by molar-refractivity contribution is 7.11. The molecule has 1 fully saturated rings. The summed E-state index contributed by atoms with van der Waals surface area (Å²) in [5.41, 5.74) is 6.35. The van der Waals surface area contributed by atoms with E-state index in [0.29, 0.717) is 23.3 Å². The first-order chi connectivity index (χ1) is 8.56. The summed E-state index contributed by atoms with van der Waals surface area (Å²) in [4.78, 5) is 14.2. The van der Waals surface area contributed by atoms with Gasteiger partial charge in [-0.3, -0.25) is 4.79 Å². The van der Waals surface area contributed by atoms with Crippen molar-refractivity contribution >= 4 is 28.3 Å². The van der Waals surface area contributed by atoms with Gasteiger partial charge in [-0.1, -0.05) is 6.92 Å². The molecular formula is C12H20N4OS. The van der Waals surface area contributed by atoms with Crippen LogP contribution in [0.4, 0.5) is 10.8 Å². The second kappa shape index (κ2) is 5.14. The Bertz CT molecular complexity index is 445. The van der Waals surface area contributed by atoms with E-state index >= 15 is 0 Å². The zero-order valence-electron chi connectivity index (χ0n) is 11.1. The molecule has 1 aliphatic rings. The quantitative estimate of drug-likeness (QED) is 0.856. The van der Waals surface area contributed by atoms with Crippen LogP contribution in [0.3, 0.4) is 0 Å². The summed E-state index contributed by atoms with van der Waals surface area (Å²) in [7, 11) is 1.62. The molecule has 1 aliphatic heterocycles. The van der Waals surface area contributed by atoms with E-state index in [9.17, 15) is 4.79 Å². The van der Waals surface area contributed by atoms with Crippen LogP contribution in [0.25, 0.3) is 0 Å². The molecule has 5 nitrogen and oxygen atoms in total. The number of nitrogens with zero attached hydrogens (tertiary/aromatic N) is 2. The second-order valence-electron chi connectivity index (χ2n) is 4.88. The number of hydrogen-bond donors (Lipinski definition) is 2. The second-order valence-corrected chi connectivity index (χ2v) is 5.63. The summed E-state index contributed by atoms with van der Waals surface area (Å²) >= 11 is 1.32. The van der Waals surface area contributed by atoms with Gasteiger partial charge in [0.1, 0.15) is 10.6 Å². The molecule has 2 rings (SSSR count). The fraction of sp³-hybridized carbons (Fsp3) is 0.667. The zero-order valence-corrected chi connectivity index (χ0v) is 11.9. The third kappa shape index (κ3) is 2.16. The third-order valence-corrected chi connectivity index (χ3v) is 4.69. The van der Waals surface area contributed by atoms with Crippen molar-refractivity contribution in [3.05, 3.63) is 5.56 Å². The van der Waals surface area contributed by atoms with Crippen molar-refractivity contribution in [2.75, 3.05) is 24.2 Å². The van der Waals surface area contributed by atoms with Gasteiger partial charge in [0.15, 0.2) is 5.82 Å². The summed E-state index contributed by atoms with van der Waals surface area (Å²) in [6.07, 6.45) is 2.39. The van der Waals surface area contributed by atoms with Gasteiger partial charge in [0.25, 0.3) is 5.91 Å². The average molecular weight is 268 g/mol. The summed E-state index contributed by atoms with van der Waals surface area (Å²) in [6, 6.07) is 0.419. The Balaban J connectivity index is 2.36. The number of nitrogens with one attached hydrogen (secondary N) is 1. The van der Waals surface area contributed by atoms with E-state index in [1.54, 1.807) is 7.05 Å². The van der Waals surface area contributed by atoms with E-state index in [0.717, 1.165) is 18.0 Å². The molecule has 1 amide bonds. The molecule has 6 heteroatoms. The predicted octanol–water partition coefficient (Wildman–Crippen LogP) is 1.71. The minimum atomic E-state index is -0.151. The monoisotopic (exact) mass is 268 g/mol. The van der Waals surface area contributed by atoms with Crippen LogP contribution < -0.4 is 16.0 Å². The highest BCUT2D eigenvalue weighted by Gasteiger charge is 2.30. The molecule has 0 spiro atoms. The summed E-state index contributed by atoms with van der Waals surface area (Å²) in [5, 5.41) is 3.54. The van der Waals surface area contributed by atoms with E-state index in [-0.39, 0.29) is 5.91 Å². The summed E-state index contributed by atoms with van der Waals surface area (Å²) < 4.78 is 4.14. The van der Waals surface area contributed by atoms with E-state index in [4.69, 9.17) is 5.73 Å². The van der Waals surface area contributed by atoms with E-state index in [1.165, 1.54) is 18.0 Å². The van der Waals surface area contributed by atoms with Crippen molar-refractivity contribution in [1.29, 1.82) is 0 Å². The van der Waals surface area contributed by atoms with Crippen molar-refractivity contribution in [1.82, 2.24) is 9.69 Å². The van der Waals surface area contributed by atoms with Gasteiger partial charge in [-0.2, -0.15) is 4.37 Å². The molecule has 0 aliphatic carbocycles. The molecule has 2 atom stereocenters. The maximum absolute atomic E-state index is 11.9. The van der Waals surface area contributed by atoms with Gasteiger partial charge in [0.2, 0.25) is 0 Å². The zero-order chi connectivity index (χ0) is 13.3. The first kappa shape index (κ1) is 13.1. The lowest BCUT2D eigenvalue weighted by Gasteiger charge is -2.38. The average Bonchev–Trinajstić information content (AvgIpc) is 2.73. The number of anilines is 2. The molecule has 100 valence electrons. The van der Waals surface area contributed by atoms with Crippen LogP contribution in [0.5, 0.6) is 0 Å². The lowest BCUT2D eigenvalue weighted by Crippen LogP contribution is -2.43. The van der Waals surface area contributed by atoms with Crippen LogP contribution >= 0.6 is 11.5 Å². The minimum absolute atomic E-state index is 0.151. The maximum Gasteiger partial charge on any atom is 0.257 e. The highest BCUT2D eigenvalue weighted by Crippen LogP contribution is 2.36. The Morgan fingerprint density at radius 1 is 1.56 bits per heavy atom. The number of nitrogens with two attached hydrogens (primary N) is 1. The van der Waals surface area contributed by atoms with Crippen molar-refractivity contribution in [2.24, 2.45) is 5.92 Å².